The minimum Gasteiger partial charge on any atom is -0.497 e. The molecule has 1 atom stereocenters. The molecule has 3 aromatic rings. The first kappa shape index (κ1) is 27.4. The molecule has 4 rings (SSSR count). The Morgan fingerprint density at radius 1 is 1.05 bits per heavy atom. The Kier molecular flexibility index (Phi) is 7.97. The number of fused-ring (bicyclic) bond motifs is 1. The molecule has 1 aliphatic heterocycles. The molecule has 1 unspecified atom stereocenters. The van der Waals surface area contributed by atoms with Gasteiger partial charge in [0.05, 0.1) is 19.8 Å². The van der Waals surface area contributed by atoms with E-state index in [1.54, 1.807) is 32.2 Å². The van der Waals surface area contributed by atoms with Crippen LogP contribution in [0.3, 0.4) is 0 Å². The molecule has 9 heteroatoms. The van der Waals surface area contributed by atoms with Crippen LogP contribution < -0.4 is 13.8 Å². The number of methoxy groups -OCH3 is 2. The molecule has 0 saturated carbocycles. The van der Waals surface area contributed by atoms with E-state index in [2.05, 4.69) is 28.7 Å². The second kappa shape index (κ2) is 11.0. The highest BCUT2D eigenvalue weighted by Crippen LogP contribution is 2.45. The fourth-order valence-corrected chi connectivity index (χ4v) is 5.19. The van der Waals surface area contributed by atoms with Gasteiger partial charge in [-0.1, -0.05) is 30.3 Å². The van der Waals surface area contributed by atoms with Crippen LogP contribution in [0.15, 0.2) is 66.7 Å². The number of hydrogen-bond acceptors (Lipinski definition) is 6. The number of halogens is 3. The van der Waals surface area contributed by atoms with Gasteiger partial charge in [0.25, 0.3) is 0 Å². The molecule has 38 heavy (non-hydrogen) atoms. The molecule has 0 radical (unpaired) electrons. The Morgan fingerprint density at radius 2 is 1.79 bits per heavy atom. The van der Waals surface area contributed by atoms with E-state index in [1.165, 1.54) is 13.2 Å². The SMILES string of the molecule is COC(=O)/C=C/c1ccc(C2(C)c3ccc(OC)cc3CCN2c2ccc(OSC(F)(F)F)c(C)c2)cc1. The second-order valence-corrected chi connectivity index (χ2v) is 9.83. The van der Waals surface area contributed by atoms with E-state index in [4.69, 9.17) is 8.92 Å². The highest BCUT2D eigenvalue weighted by molar-refractivity contribution is 7.95. The summed E-state index contributed by atoms with van der Waals surface area (Å²) < 4.78 is 53.0. The lowest BCUT2D eigenvalue weighted by molar-refractivity contribution is -0.134. The number of anilines is 1. The number of aryl methyl sites for hydroxylation is 1. The van der Waals surface area contributed by atoms with Crippen molar-refractivity contribution in [1.82, 2.24) is 0 Å². The number of nitrogens with zero attached hydrogens (tertiary/aromatic N) is 1. The summed E-state index contributed by atoms with van der Waals surface area (Å²) in [6.07, 6.45) is 3.83. The van der Waals surface area contributed by atoms with E-state index < -0.39 is 29.1 Å². The van der Waals surface area contributed by atoms with Crippen LogP contribution in [-0.2, 0) is 21.5 Å². The molecular weight excluding hydrogens is 515 g/mol. The molecular formula is C29H28F3NO4S. The standard InChI is InChI=1S/C29H28F3NO4S/c1-19-17-23(10-13-26(19)37-38-29(30,31)32)33-16-15-21-18-24(35-3)11-12-25(21)28(33,2)22-8-5-20(6-9-22)7-14-27(34)36-4/h5-14,17-18H,15-16H2,1-4H3/b14-7+. The van der Waals surface area contributed by atoms with Crippen molar-refractivity contribution >= 4 is 29.8 Å². The number of alkyl halides is 3. The summed E-state index contributed by atoms with van der Waals surface area (Å²) in [5, 5.41) is 0. The smallest absolute Gasteiger partial charge is 0.479 e. The average molecular weight is 544 g/mol. The van der Waals surface area contributed by atoms with Gasteiger partial charge in [0.2, 0.25) is 0 Å². The van der Waals surface area contributed by atoms with Crippen molar-refractivity contribution < 1.29 is 31.6 Å². The first-order valence-corrected chi connectivity index (χ1v) is 12.6. The third-order valence-corrected chi connectivity index (χ3v) is 7.22. The van der Waals surface area contributed by atoms with Gasteiger partial charge >= 0.3 is 11.5 Å². The van der Waals surface area contributed by atoms with Crippen LogP contribution in [0.4, 0.5) is 18.9 Å². The fraction of sp³-hybridized carbons (Fsp3) is 0.276. The predicted molar refractivity (Wildman–Crippen MR) is 143 cm³/mol. The summed E-state index contributed by atoms with van der Waals surface area (Å²) in [6, 6.07) is 19.2. The third kappa shape index (κ3) is 5.78. The van der Waals surface area contributed by atoms with Gasteiger partial charge in [0.15, 0.2) is 12.0 Å². The second-order valence-electron chi connectivity index (χ2n) is 9.04. The molecule has 0 aliphatic carbocycles. The summed E-state index contributed by atoms with van der Waals surface area (Å²) in [7, 11) is 2.97. The van der Waals surface area contributed by atoms with Gasteiger partial charge in [-0.2, -0.15) is 13.2 Å². The van der Waals surface area contributed by atoms with Gasteiger partial charge in [-0.05, 0) is 84.5 Å². The fourth-order valence-electron chi connectivity index (χ4n) is 4.82. The van der Waals surface area contributed by atoms with Gasteiger partial charge < -0.3 is 18.6 Å². The molecule has 1 aliphatic rings. The molecule has 3 aromatic carbocycles. The number of benzene rings is 3. The summed E-state index contributed by atoms with van der Waals surface area (Å²) in [4.78, 5) is 13.7. The third-order valence-electron chi connectivity index (χ3n) is 6.76. The van der Waals surface area contributed by atoms with Crippen LogP contribution in [0.2, 0.25) is 0 Å². The maximum Gasteiger partial charge on any atom is 0.479 e. The first-order valence-electron chi connectivity index (χ1n) is 11.9. The molecule has 0 amide bonds. The van der Waals surface area contributed by atoms with Crippen molar-refractivity contribution in [3.05, 3.63) is 94.6 Å². The zero-order valence-corrected chi connectivity index (χ0v) is 22.3. The number of hydrogen-bond donors (Lipinski definition) is 0. The van der Waals surface area contributed by atoms with Crippen LogP contribution >= 0.6 is 12.0 Å². The molecule has 0 spiro atoms. The number of rotatable bonds is 7. The summed E-state index contributed by atoms with van der Waals surface area (Å²) in [5.74, 6) is 0.517. The molecule has 0 N–H and O–H groups in total. The van der Waals surface area contributed by atoms with Crippen LogP contribution in [0.1, 0.15) is 34.7 Å². The zero-order valence-electron chi connectivity index (χ0n) is 21.5. The van der Waals surface area contributed by atoms with Crippen LogP contribution in [0, 0.1) is 6.92 Å². The van der Waals surface area contributed by atoms with Crippen molar-refractivity contribution in [2.75, 3.05) is 25.7 Å². The van der Waals surface area contributed by atoms with Gasteiger partial charge in [0.1, 0.15) is 11.5 Å². The minimum absolute atomic E-state index is 0.168. The lowest BCUT2D eigenvalue weighted by Crippen LogP contribution is -2.49. The van der Waals surface area contributed by atoms with E-state index >= 15 is 0 Å². The highest BCUT2D eigenvalue weighted by Gasteiger charge is 2.41. The predicted octanol–water partition coefficient (Wildman–Crippen LogP) is 7.06. The lowest BCUT2D eigenvalue weighted by Gasteiger charge is -2.48. The Bertz CT molecular complexity index is 1340. The highest BCUT2D eigenvalue weighted by atomic mass is 32.2. The van der Waals surface area contributed by atoms with Crippen LogP contribution in [0.25, 0.3) is 6.08 Å². The van der Waals surface area contributed by atoms with Gasteiger partial charge in [-0.15, -0.1) is 0 Å². The molecule has 200 valence electrons. The van der Waals surface area contributed by atoms with E-state index in [1.807, 2.05) is 36.4 Å². The first-order chi connectivity index (χ1) is 18.0. The summed E-state index contributed by atoms with van der Waals surface area (Å²) in [6.45, 7) is 4.55. The Labute approximate surface area is 224 Å². The van der Waals surface area contributed by atoms with Gasteiger partial charge in [-0.3, -0.25) is 0 Å². The van der Waals surface area contributed by atoms with Crippen molar-refractivity contribution in [2.24, 2.45) is 0 Å². The van der Waals surface area contributed by atoms with Crippen molar-refractivity contribution in [2.45, 2.75) is 31.3 Å². The molecule has 0 saturated heterocycles. The topological polar surface area (TPSA) is 48.0 Å². The molecule has 5 nitrogen and oxygen atoms in total. The Morgan fingerprint density at radius 3 is 2.42 bits per heavy atom. The lowest BCUT2D eigenvalue weighted by atomic mass is 9.76. The van der Waals surface area contributed by atoms with E-state index in [0.29, 0.717) is 12.1 Å². The number of carbonyl (C=O) groups is 1. The maximum atomic E-state index is 12.7. The van der Waals surface area contributed by atoms with Crippen molar-refractivity contribution in [3.8, 4) is 11.5 Å². The molecule has 1 heterocycles. The van der Waals surface area contributed by atoms with Gasteiger partial charge in [-0.25, -0.2) is 4.79 Å². The maximum absolute atomic E-state index is 12.7. The molecule has 0 bridgehead atoms. The normalized spacial score (nSPS) is 17.3. The number of esters is 1. The van der Waals surface area contributed by atoms with Gasteiger partial charge in [0, 0.05) is 18.3 Å². The largest absolute Gasteiger partial charge is 0.497 e. The minimum atomic E-state index is -4.49. The average Bonchev–Trinajstić information content (AvgIpc) is 2.90. The quantitative estimate of drug-likeness (QED) is 0.181. The number of ether oxygens (including phenoxy) is 2. The zero-order chi connectivity index (χ0) is 27.5. The van der Waals surface area contributed by atoms with Crippen LogP contribution in [-0.4, -0.2) is 32.2 Å². The Hall–Kier alpha value is -3.59. The van der Waals surface area contributed by atoms with E-state index in [0.717, 1.165) is 40.1 Å². The monoisotopic (exact) mass is 543 g/mol. The summed E-state index contributed by atoms with van der Waals surface area (Å²) >= 11 is -0.518. The molecule has 0 fully saturated rings. The molecule has 0 aromatic heterocycles. The summed E-state index contributed by atoms with van der Waals surface area (Å²) in [5.41, 5.74) is 0.517. The van der Waals surface area contributed by atoms with Crippen LogP contribution in [0.5, 0.6) is 11.5 Å². The van der Waals surface area contributed by atoms with Crippen molar-refractivity contribution in [3.63, 3.8) is 0 Å². The van der Waals surface area contributed by atoms with E-state index in [-0.39, 0.29) is 5.75 Å². The Balaban J connectivity index is 1.76. The van der Waals surface area contributed by atoms with Crippen molar-refractivity contribution in [1.29, 1.82) is 0 Å². The van der Waals surface area contributed by atoms with E-state index in [9.17, 15) is 18.0 Å². The number of carbonyl (C=O) groups excluding carboxylic acids is 1.